The van der Waals surface area contributed by atoms with Crippen LogP contribution in [0.15, 0.2) is 71.7 Å². The Morgan fingerprint density at radius 2 is 1.28 bits per heavy atom. The van der Waals surface area contributed by atoms with Gasteiger partial charge in [-0.2, -0.15) is 0 Å². The van der Waals surface area contributed by atoms with Crippen LogP contribution in [-0.4, -0.2) is 56.2 Å². The predicted octanol–water partition coefficient (Wildman–Crippen LogP) is 6.34. The van der Waals surface area contributed by atoms with Gasteiger partial charge in [-0.15, -0.1) is 24.0 Å². The first-order valence-electron chi connectivity index (χ1n) is 11.9. The highest BCUT2D eigenvalue weighted by molar-refractivity contribution is 14.0. The Morgan fingerprint density at radius 1 is 0.769 bits per heavy atom. The SMILES string of the molecule is CCSC(=Nc1cc(C(=O)OC)ccc1C(=O)OC)N(Cc1ccc(OC)cc1)Cc1ccc(OC)cc1.I. The number of thioether (sulfide) groups is 1. The van der Waals surface area contributed by atoms with Gasteiger partial charge >= 0.3 is 11.9 Å². The Bertz CT molecular complexity index is 1220. The molecule has 208 valence electrons. The lowest BCUT2D eigenvalue weighted by Crippen LogP contribution is -2.28. The first-order chi connectivity index (χ1) is 18.4. The molecule has 0 spiro atoms. The minimum atomic E-state index is -0.544. The minimum absolute atomic E-state index is 0. The summed E-state index contributed by atoms with van der Waals surface area (Å²) in [6.45, 7) is 3.13. The number of halogens is 1. The van der Waals surface area contributed by atoms with Crippen molar-refractivity contribution in [1.82, 2.24) is 4.90 Å². The first kappa shape index (κ1) is 32.0. The van der Waals surface area contributed by atoms with Crippen molar-refractivity contribution in [3.05, 3.63) is 89.0 Å². The van der Waals surface area contributed by atoms with Crippen LogP contribution < -0.4 is 9.47 Å². The molecule has 0 heterocycles. The monoisotopic (exact) mass is 664 g/mol. The molecule has 8 nitrogen and oxygen atoms in total. The fourth-order valence-electron chi connectivity index (χ4n) is 3.67. The molecule has 3 rings (SSSR count). The Kier molecular flexibility index (Phi) is 13.1. The van der Waals surface area contributed by atoms with Crippen molar-refractivity contribution in [3.8, 4) is 11.5 Å². The molecule has 3 aromatic rings. The van der Waals surface area contributed by atoms with E-state index in [-0.39, 0.29) is 35.1 Å². The van der Waals surface area contributed by atoms with Crippen LogP contribution in [0.2, 0.25) is 0 Å². The zero-order chi connectivity index (χ0) is 27.5. The van der Waals surface area contributed by atoms with E-state index in [0.717, 1.165) is 28.4 Å². The molecule has 10 heteroatoms. The number of rotatable bonds is 10. The molecule has 0 saturated carbocycles. The van der Waals surface area contributed by atoms with Gasteiger partial charge in [0.05, 0.1) is 45.3 Å². The number of methoxy groups -OCH3 is 4. The first-order valence-corrected chi connectivity index (χ1v) is 12.9. The summed E-state index contributed by atoms with van der Waals surface area (Å²) in [6.07, 6.45) is 0. The number of hydrogen-bond acceptors (Lipinski definition) is 8. The summed E-state index contributed by atoms with van der Waals surface area (Å²) in [5.74, 6) is 1.23. The van der Waals surface area contributed by atoms with Gasteiger partial charge < -0.3 is 23.8 Å². The molecule has 0 bridgehead atoms. The average Bonchev–Trinajstić information content (AvgIpc) is 2.96. The fourth-order valence-corrected chi connectivity index (χ4v) is 4.40. The highest BCUT2D eigenvalue weighted by Crippen LogP contribution is 2.27. The number of benzene rings is 3. The molecule has 0 fully saturated rings. The summed E-state index contributed by atoms with van der Waals surface area (Å²) in [6, 6.07) is 20.3. The summed E-state index contributed by atoms with van der Waals surface area (Å²) in [5, 5.41) is 0.686. The molecule has 0 saturated heterocycles. The van der Waals surface area contributed by atoms with E-state index in [9.17, 15) is 9.59 Å². The lowest BCUT2D eigenvalue weighted by molar-refractivity contribution is 0.0587. The average molecular weight is 665 g/mol. The van der Waals surface area contributed by atoms with Crippen LogP contribution in [0.1, 0.15) is 38.8 Å². The van der Waals surface area contributed by atoms with Gasteiger partial charge in [0.25, 0.3) is 0 Å². The quantitative estimate of drug-likeness (QED) is 0.108. The topological polar surface area (TPSA) is 86.7 Å². The van der Waals surface area contributed by atoms with Crippen LogP contribution in [-0.2, 0) is 22.6 Å². The van der Waals surface area contributed by atoms with Gasteiger partial charge in [0.1, 0.15) is 11.5 Å². The van der Waals surface area contributed by atoms with Crippen LogP contribution in [0.25, 0.3) is 0 Å². The number of carbonyl (C=O) groups is 2. The molecule has 0 aliphatic rings. The number of esters is 2. The van der Waals surface area contributed by atoms with Crippen LogP contribution >= 0.6 is 35.7 Å². The second kappa shape index (κ2) is 16.0. The molecule has 0 aliphatic heterocycles. The second-order valence-corrected chi connectivity index (χ2v) is 9.33. The largest absolute Gasteiger partial charge is 0.497 e. The zero-order valence-corrected chi connectivity index (χ0v) is 25.8. The van der Waals surface area contributed by atoms with E-state index in [1.807, 2.05) is 55.5 Å². The van der Waals surface area contributed by atoms with Crippen molar-refractivity contribution in [2.75, 3.05) is 34.2 Å². The molecule has 0 unspecified atom stereocenters. The Balaban J connectivity index is 0.00000533. The van der Waals surface area contributed by atoms with Crippen LogP contribution in [0.5, 0.6) is 11.5 Å². The molecule has 0 radical (unpaired) electrons. The van der Waals surface area contributed by atoms with E-state index in [1.54, 1.807) is 20.3 Å². The molecule has 0 N–H and O–H groups in total. The number of amidine groups is 1. The fraction of sp³-hybridized carbons (Fsp3) is 0.276. The molecule has 0 amide bonds. The second-order valence-electron chi connectivity index (χ2n) is 8.09. The zero-order valence-electron chi connectivity index (χ0n) is 22.6. The molecular weight excluding hydrogens is 631 g/mol. The van der Waals surface area contributed by atoms with E-state index >= 15 is 0 Å². The molecule has 3 aromatic carbocycles. The third-order valence-corrected chi connectivity index (χ3v) is 6.55. The number of ether oxygens (including phenoxy) is 4. The summed E-state index contributed by atoms with van der Waals surface area (Å²) in [5.41, 5.74) is 2.98. The lowest BCUT2D eigenvalue weighted by atomic mass is 10.1. The van der Waals surface area contributed by atoms with E-state index in [1.165, 1.54) is 38.1 Å². The van der Waals surface area contributed by atoms with Crippen molar-refractivity contribution in [2.24, 2.45) is 4.99 Å². The van der Waals surface area contributed by atoms with E-state index < -0.39 is 11.9 Å². The molecule has 39 heavy (non-hydrogen) atoms. The Labute approximate surface area is 250 Å². The Morgan fingerprint density at radius 3 is 1.72 bits per heavy atom. The third kappa shape index (κ3) is 8.89. The number of nitrogens with zero attached hydrogens (tertiary/aromatic N) is 2. The summed E-state index contributed by atoms with van der Waals surface area (Å²) >= 11 is 1.54. The minimum Gasteiger partial charge on any atom is -0.497 e. The van der Waals surface area contributed by atoms with E-state index in [2.05, 4.69) is 4.90 Å². The van der Waals surface area contributed by atoms with Crippen molar-refractivity contribution in [3.63, 3.8) is 0 Å². The smallest absolute Gasteiger partial charge is 0.340 e. The maximum Gasteiger partial charge on any atom is 0.340 e. The van der Waals surface area contributed by atoms with Gasteiger partial charge in [-0.3, -0.25) is 0 Å². The van der Waals surface area contributed by atoms with Gasteiger partial charge in [0, 0.05) is 13.1 Å². The van der Waals surface area contributed by atoms with Gasteiger partial charge in [-0.05, 0) is 59.3 Å². The molecular formula is C29H33IN2O6S. The van der Waals surface area contributed by atoms with E-state index in [4.69, 9.17) is 23.9 Å². The van der Waals surface area contributed by atoms with Gasteiger partial charge in [-0.1, -0.05) is 43.0 Å². The highest BCUT2D eigenvalue weighted by Gasteiger charge is 2.19. The Hall–Kier alpha value is -3.25. The van der Waals surface area contributed by atoms with Crippen molar-refractivity contribution >= 4 is 58.5 Å². The van der Waals surface area contributed by atoms with Crippen LogP contribution in [0, 0.1) is 0 Å². The molecule has 0 aliphatic carbocycles. The number of carbonyl (C=O) groups excluding carboxylic acids is 2. The molecule has 0 aromatic heterocycles. The standard InChI is InChI=1S/C29H32N2O6S.HI/c1-6-38-29(30-26-17-22(27(32)36-4)11-16-25(26)28(33)37-5)31(18-20-7-12-23(34-2)13-8-20)19-21-9-14-24(35-3)15-10-21;/h7-17H,6,18-19H2,1-5H3;1H. The number of hydrogen-bond donors (Lipinski definition) is 0. The highest BCUT2D eigenvalue weighted by atomic mass is 127. The number of aliphatic imine (C=N–C) groups is 1. The van der Waals surface area contributed by atoms with Gasteiger partial charge in [0.2, 0.25) is 0 Å². The van der Waals surface area contributed by atoms with Crippen molar-refractivity contribution < 1.29 is 28.5 Å². The lowest BCUT2D eigenvalue weighted by Gasteiger charge is -2.26. The van der Waals surface area contributed by atoms with Crippen molar-refractivity contribution in [1.29, 1.82) is 0 Å². The normalized spacial score (nSPS) is 10.7. The summed E-state index contributed by atoms with van der Waals surface area (Å²) < 4.78 is 20.5. The molecule has 0 atom stereocenters. The van der Waals surface area contributed by atoms with E-state index in [0.29, 0.717) is 23.9 Å². The van der Waals surface area contributed by atoms with Crippen LogP contribution in [0.3, 0.4) is 0 Å². The maximum atomic E-state index is 12.5. The van der Waals surface area contributed by atoms with Gasteiger partial charge in [-0.25, -0.2) is 14.6 Å². The third-order valence-electron chi connectivity index (χ3n) is 5.65. The predicted molar refractivity (Wildman–Crippen MR) is 165 cm³/mol. The summed E-state index contributed by atoms with van der Waals surface area (Å²) in [4.78, 5) is 31.8. The maximum absolute atomic E-state index is 12.5. The van der Waals surface area contributed by atoms with Crippen molar-refractivity contribution in [2.45, 2.75) is 20.0 Å². The summed E-state index contributed by atoms with van der Waals surface area (Å²) in [7, 11) is 5.89. The van der Waals surface area contributed by atoms with Gasteiger partial charge in [0.15, 0.2) is 5.17 Å². The van der Waals surface area contributed by atoms with Crippen LogP contribution in [0.4, 0.5) is 5.69 Å².